The number of hydrogen-bond donors (Lipinski definition) is 0. The fraction of sp³-hybridized carbons (Fsp3) is 0.308. The second kappa shape index (κ2) is 3.74. The zero-order chi connectivity index (χ0) is 11.9. The van der Waals surface area contributed by atoms with Gasteiger partial charge in [-0.15, -0.1) is 0 Å². The molecule has 84 valence electrons. The molecule has 1 aliphatic rings. The highest BCUT2D eigenvalue weighted by atomic mass is 16.3. The van der Waals surface area contributed by atoms with E-state index in [1.807, 2.05) is 31.3 Å². The van der Waals surface area contributed by atoms with E-state index in [-0.39, 0.29) is 0 Å². The second-order valence-corrected chi connectivity index (χ2v) is 4.87. The third-order valence-corrected chi connectivity index (χ3v) is 3.13. The number of para-hydroxylation sites is 2. The van der Waals surface area contributed by atoms with Crippen molar-refractivity contribution >= 4 is 24.7 Å². The third kappa shape index (κ3) is 2.00. The number of aromatic nitrogens is 1. The maximum atomic E-state index is 6.13. The Balaban J connectivity index is 2.01. The molecular weight excluding hydrogens is 211 g/mol. The van der Waals surface area contributed by atoms with Crippen molar-refractivity contribution in [2.24, 2.45) is 0 Å². The fourth-order valence-corrected chi connectivity index (χ4v) is 2.23. The molecule has 2 radical (unpaired) electrons. The van der Waals surface area contributed by atoms with Crippen molar-refractivity contribution in [1.29, 1.82) is 0 Å². The molecule has 1 unspecified atom stereocenters. The second-order valence-electron chi connectivity index (χ2n) is 4.87. The predicted molar refractivity (Wildman–Crippen MR) is 68.3 cm³/mol. The van der Waals surface area contributed by atoms with Crippen LogP contribution >= 0.6 is 0 Å². The maximum Gasteiger partial charge on any atom is 0.481 e. The van der Waals surface area contributed by atoms with Gasteiger partial charge in [0.15, 0.2) is 5.58 Å². The molecular formula is C13H14BN2O+. The highest BCUT2D eigenvalue weighted by Gasteiger charge is 2.24. The summed E-state index contributed by atoms with van der Waals surface area (Å²) in [7, 11) is 8.15. The first kappa shape index (κ1) is 10.6. The minimum atomic E-state index is 0.505. The lowest BCUT2D eigenvalue weighted by Crippen LogP contribution is -2.45. The summed E-state index contributed by atoms with van der Waals surface area (Å²) in [5.41, 5.74) is 2.85. The Kier molecular flexibility index (Phi) is 2.33. The molecule has 1 aromatic heterocycles. The molecule has 3 nitrogen and oxygen atoms in total. The molecule has 0 saturated heterocycles. The van der Waals surface area contributed by atoms with Crippen LogP contribution in [0.2, 0.25) is 0 Å². The van der Waals surface area contributed by atoms with Crippen LogP contribution in [0.3, 0.4) is 0 Å². The Morgan fingerprint density at radius 1 is 1.35 bits per heavy atom. The summed E-state index contributed by atoms with van der Waals surface area (Å²) in [6, 6.07) is 7.82. The van der Waals surface area contributed by atoms with Gasteiger partial charge in [-0.25, -0.2) is 4.98 Å². The summed E-state index contributed by atoms with van der Waals surface area (Å²) in [5.74, 6) is 0.709. The first-order valence-corrected chi connectivity index (χ1v) is 5.82. The van der Waals surface area contributed by atoms with Crippen LogP contribution in [0.5, 0.6) is 0 Å². The first-order chi connectivity index (χ1) is 8.14. The topological polar surface area (TPSA) is 26.0 Å². The SMILES string of the molecule is [B][N+]1(C)CCC=C(c2nc3ccccc3o2)C1. The van der Waals surface area contributed by atoms with Gasteiger partial charge in [-0.1, -0.05) is 18.2 Å². The van der Waals surface area contributed by atoms with Gasteiger partial charge in [-0.05, 0) is 12.1 Å². The number of likely N-dealkylation sites (N-methyl/N-ethyl adjacent to an activating group) is 1. The molecule has 1 atom stereocenters. The van der Waals surface area contributed by atoms with E-state index in [2.05, 4.69) is 11.1 Å². The maximum absolute atomic E-state index is 6.13. The van der Waals surface area contributed by atoms with Crippen LogP contribution in [-0.2, 0) is 0 Å². The van der Waals surface area contributed by atoms with Crippen molar-refractivity contribution in [3.63, 3.8) is 0 Å². The fourth-order valence-electron chi connectivity index (χ4n) is 2.23. The lowest BCUT2D eigenvalue weighted by atomic mass is 10.0. The van der Waals surface area contributed by atoms with Crippen LogP contribution in [0.25, 0.3) is 16.7 Å². The minimum Gasteiger partial charge on any atom is -0.436 e. The normalized spacial score (nSPS) is 24.9. The molecule has 0 bridgehead atoms. The van der Waals surface area contributed by atoms with E-state index in [0.717, 1.165) is 36.2 Å². The van der Waals surface area contributed by atoms with Crippen molar-refractivity contribution in [2.45, 2.75) is 6.42 Å². The van der Waals surface area contributed by atoms with Crippen molar-refractivity contribution in [3.05, 3.63) is 36.2 Å². The largest absolute Gasteiger partial charge is 0.481 e. The first-order valence-electron chi connectivity index (χ1n) is 5.82. The quantitative estimate of drug-likeness (QED) is 0.695. The van der Waals surface area contributed by atoms with E-state index >= 15 is 0 Å². The Labute approximate surface area is 102 Å². The van der Waals surface area contributed by atoms with Gasteiger partial charge < -0.3 is 8.81 Å². The number of quaternary nitrogens is 1. The number of nitrogens with zero attached hydrogens (tertiary/aromatic N) is 2. The molecule has 2 heterocycles. The van der Waals surface area contributed by atoms with E-state index in [4.69, 9.17) is 12.4 Å². The number of oxazole rings is 1. The Morgan fingerprint density at radius 3 is 2.94 bits per heavy atom. The molecule has 3 rings (SSSR count). The number of rotatable bonds is 1. The van der Waals surface area contributed by atoms with Crippen molar-refractivity contribution in [3.8, 4) is 0 Å². The van der Waals surface area contributed by atoms with Crippen LogP contribution in [0.1, 0.15) is 12.3 Å². The summed E-state index contributed by atoms with van der Waals surface area (Å²) >= 11 is 0. The van der Waals surface area contributed by atoms with Crippen LogP contribution in [0, 0.1) is 0 Å². The van der Waals surface area contributed by atoms with Gasteiger partial charge in [0.1, 0.15) is 5.52 Å². The van der Waals surface area contributed by atoms with E-state index in [0.29, 0.717) is 10.3 Å². The molecule has 4 heteroatoms. The van der Waals surface area contributed by atoms with E-state index in [1.165, 1.54) is 0 Å². The average Bonchev–Trinajstić information content (AvgIpc) is 2.71. The van der Waals surface area contributed by atoms with Gasteiger partial charge in [-0.3, -0.25) is 0 Å². The number of benzene rings is 1. The monoisotopic (exact) mass is 225 g/mol. The highest BCUT2D eigenvalue weighted by molar-refractivity contribution is 5.98. The van der Waals surface area contributed by atoms with Crippen LogP contribution in [0.4, 0.5) is 0 Å². The van der Waals surface area contributed by atoms with Gasteiger partial charge >= 0.3 is 7.98 Å². The number of hydrogen-bond acceptors (Lipinski definition) is 2. The molecule has 0 aliphatic carbocycles. The van der Waals surface area contributed by atoms with E-state index in [1.54, 1.807) is 0 Å². The summed E-state index contributed by atoms with van der Waals surface area (Å²) in [4.78, 5) is 4.50. The predicted octanol–water partition coefficient (Wildman–Crippen LogP) is 2.14. The van der Waals surface area contributed by atoms with E-state index in [9.17, 15) is 0 Å². The Hall–Kier alpha value is -1.55. The molecule has 0 spiro atoms. The van der Waals surface area contributed by atoms with Gasteiger partial charge in [-0.2, -0.15) is 0 Å². The lowest BCUT2D eigenvalue weighted by molar-refractivity contribution is -0.788. The zero-order valence-corrected chi connectivity index (χ0v) is 9.89. The molecule has 1 aromatic carbocycles. The van der Waals surface area contributed by atoms with Crippen LogP contribution in [-0.4, -0.2) is 37.5 Å². The Bertz CT molecular complexity index is 553. The van der Waals surface area contributed by atoms with Gasteiger partial charge in [0.05, 0.1) is 18.7 Å². The summed E-state index contributed by atoms with van der Waals surface area (Å²) in [6.45, 7) is 1.73. The molecule has 0 amide bonds. The van der Waals surface area contributed by atoms with Crippen LogP contribution in [0.15, 0.2) is 34.8 Å². The molecule has 0 N–H and O–H groups in total. The van der Waals surface area contributed by atoms with Gasteiger partial charge in [0.2, 0.25) is 5.89 Å². The number of fused-ring (bicyclic) bond motifs is 1. The smallest absolute Gasteiger partial charge is 0.436 e. The van der Waals surface area contributed by atoms with Crippen molar-refractivity contribution < 1.29 is 8.81 Å². The van der Waals surface area contributed by atoms with E-state index < -0.39 is 0 Å². The molecule has 1 aliphatic heterocycles. The molecule has 0 fully saturated rings. The molecule has 2 aromatic rings. The minimum absolute atomic E-state index is 0.505. The summed E-state index contributed by atoms with van der Waals surface area (Å²) in [5, 5.41) is 0. The van der Waals surface area contributed by atoms with Gasteiger partial charge in [0, 0.05) is 13.5 Å². The van der Waals surface area contributed by atoms with Gasteiger partial charge in [0.25, 0.3) is 0 Å². The average molecular weight is 225 g/mol. The highest BCUT2D eigenvalue weighted by Crippen LogP contribution is 2.25. The standard InChI is InChI=1S/C13H14BN2O/c1-16(14)8-4-5-10(9-16)13-15-11-6-2-3-7-12(11)17-13/h2-3,5-7H,4,8-9H2,1H3/q+1. The molecule has 0 saturated carbocycles. The zero-order valence-electron chi connectivity index (χ0n) is 9.89. The molecule has 17 heavy (non-hydrogen) atoms. The van der Waals surface area contributed by atoms with Crippen LogP contribution < -0.4 is 0 Å². The summed E-state index contributed by atoms with van der Waals surface area (Å²) < 4.78 is 6.26. The van der Waals surface area contributed by atoms with Crippen molar-refractivity contribution in [2.75, 3.05) is 20.1 Å². The summed E-state index contributed by atoms with van der Waals surface area (Å²) in [6.07, 6.45) is 3.15. The third-order valence-electron chi connectivity index (χ3n) is 3.13. The Morgan fingerprint density at radius 2 is 2.18 bits per heavy atom. The lowest BCUT2D eigenvalue weighted by Gasteiger charge is -2.33. The van der Waals surface area contributed by atoms with Crippen molar-refractivity contribution in [1.82, 2.24) is 4.98 Å².